The molecule has 0 spiro atoms. The topological polar surface area (TPSA) is 17.1 Å². The van der Waals surface area contributed by atoms with Crippen molar-refractivity contribution in [2.45, 2.75) is 10.3 Å². The summed E-state index contributed by atoms with van der Waals surface area (Å²) in [5, 5.41) is -0.0561. The summed E-state index contributed by atoms with van der Waals surface area (Å²) >= 11 is 5.89. The molecule has 0 bridgehead atoms. The summed E-state index contributed by atoms with van der Waals surface area (Å²) in [6.45, 7) is 0. The number of carbonyl (C=O) groups is 1. The third-order valence-corrected chi connectivity index (χ3v) is 3.34. The minimum absolute atomic E-state index is 0.0201. The molecule has 0 aliphatic heterocycles. The molecular weight excluding hydrogens is 283 g/mol. The van der Waals surface area contributed by atoms with Gasteiger partial charge in [-0.25, -0.2) is 0 Å². The molecule has 0 unspecified atom stereocenters. The van der Waals surface area contributed by atoms with E-state index in [0.717, 1.165) is 6.42 Å². The second-order valence-corrected chi connectivity index (χ2v) is 4.44. The molecule has 0 N–H and O–H groups in total. The van der Waals surface area contributed by atoms with E-state index in [4.69, 9.17) is 0 Å². The van der Waals surface area contributed by atoms with E-state index in [-0.39, 0.29) is 9.04 Å². The Labute approximate surface area is 91.1 Å². The van der Waals surface area contributed by atoms with E-state index in [0.29, 0.717) is 0 Å². The molecular formula is C9H9IOS. The molecule has 1 rings (SSSR count). The smallest absolute Gasteiger partial charge is 0.199 e. The molecule has 0 aromatic heterocycles. The zero-order chi connectivity index (χ0) is 8.97. The largest absolute Gasteiger partial charge is 0.286 e. The van der Waals surface area contributed by atoms with Crippen LogP contribution in [0.15, 0.2) is 30.3 Å². The minimum Gasteiger partial charge on any atom is -0.286 e. The van der Waals surface area contributed by atoms with Crippen molar-refractivity contribution in [3.63, 3.8) is 0 Å². The van der Waals surface area contributed by atoms with Gasteiger partial charge in [0.1, 0.15) is 0 Å². The Bertz CT molecular complexity index is 260. The molecule has 0 amide bonds. The predicted molar refractivity (Wildman–Crippen MR) is 61.9 cm³/mol. The van der Waals surface area contributed by atoms with Crippen molar-refractivity contribution in [1.82, 2.24) is 0 Å². The summed E-state index contributed by atoms with van der Waals surface area (Å²) in [6, 6.07) is 9.95. The first-order valence-electron chi connectivity index (χ1n) is 3.61. The van der Waals surface area contributed by atoms with Gasteiger partial charge in [-0.1, -0.05) is 52.9 Å². The van der Waals surface area contributed by atoms with Crippen LogP contribution >= 0.6 is 35.2 Å². The molecule has 0 heterocycles. The predicted octanol–water partition coefficient (Wildman–Crippen LogP) is 2.49. The van der Waals surface area contributed by atoms with Crippen molar-refractivity contribution in [1.29, 1.82) is 0 Å². The normalized spacial score (nSPS) is 12.5. The number of thiol groups is 1. The molecule has 1 atom stereocenters. The van der Waals surface area contributed by atoms with Gasteiger partial charge in [0.05, 0.1) is 3.92 Å². The van der Waals surface area contributed by atoms with Crippen molar-refractivity contribution in [3.8, 4) is 0 Å². The molecule has 3 heteroatoms. The highest BCUT2D eigenvalue weighted by molar-refractivity contribution is 14.1. The zero-order valence-electron chi connectivity index (χ0n) is 6.40. The van der Waals surface area contributed by atoms with E-state index >= 15 is 0 Å². The number of rotatable bonds is 3. The number of hydrogen-bond acceptors (Lipinski definition) is 1. The van der Waals surface area contributed by atoms with E-state index in [2.05, 4.69) is 35.2 Å². The second-order valence-electron chi connectivity index (χ2n) is 2.50. The summed E-state index contributed by atoms with van der Waals surface area (Å²) in [5.74, 6) is 0. The van der Waals surface area contributed by atoms with Crippen molar-refractivity contribution in [3.05, 3.63) is 35.9 Å². The molecule has 0 aliphatic rings. The summed E-state index contributed by atoms with van der Waals surface area (Å²) in [6.07, 6.45) is 0.768. The second kappa shape index (κ2) is 4.87. The molecule has 1 aromatic carbocycles. The van der Waals surface area contributed by atoms with Crippen LogP contribution in [0.4, 0.5) is 0 Å². The maximum Gasteiger partial charge on any atom is 0.199 e. The Morgan fingerprint density at radius 3 is 2.50 bits per heavy atom. The Balaban J connectivity index is 2.58. The fourth-order valence-corrected chi connectivity index (χ4v) is 1.51. The van der Waals surface area contributed by atoms with E-state index in [9.17, 15) is 4.79 Å². The summed E-state index contributed by atoms with van der Waals surface area (Å²) in [4.78, 5) is 10.8. The Hall–Kier alpha value is -0.0300. The van der Waals surface area contributed by atoms with Crippen molar-refractivity contribution >= 4 is 40.3 Å². The van der Waals surface area contributed by atoms with Crippen LogP contribution in [-0.2, 0) is 11.2 Å². The fraction of sp³-hybridized carbons (Fsp3) is 0.222. The van der Waals surface area contributed by atoms with Gasteiger partial charge in [0, 0.05) is 0 Å². The number of benzene rings is 1. The van der Waals surface area contributed by atoms with Gasteiger partial charge in [-0.3, -0.25) is 4.79 Å². The van der Waals surface area contributed by atoms with Crippen LogP contribution in [0.5, 0.6) is 0 Å². The highest BCUT2D eigenvalue weighted by Crippen LogP contribution is 2.12. The van der Waals surface area contributed by atoms with Crippen LogP contribution in [0.1, 0.15) is 5.56 Å². The summed E-state index contributed by atoms with van der Waals surface area (Å²) in [5.41, 5.74) is 1.18. The van der Waals surface area contributed by atoms with Gasteiger partial charge in [-0.05, 0) is 12.0 Å². The van der Waals surface area contributed by atoms with Gasteiger partial charge in [-0.2, -0.15) is 0 Å². The van der Waals surface area contributed by atoms with Gasteiger partial charge in [-0.15, -0.1) is 12.6 Å². The standard InChI is InChI=1S/C9H9IOS/c10-8(9(11)12)6-7-4-2-1-3-5-7/h1-5,8H,6H2,(H,11,12)/t8-/m1/s1. The first kappa shape index (κ1) is 10.1. The maximum absolute atomic E-state index is 10.8. The van der Waals surface area contributed by atoms with Crippen LogP contribution in [0.3, 0.4) is 0 Å². The number of halogens is 1. The van der Waals surface area contributed by atoms with E-state index < -0.39 is 0 Å². The minimum atomic E-state index is -0.0561. The number of carbonyl (C=O) groups excluding carboxylic acids is 1. The van der Waals surface area contributed by atoms with Crippen molar-refractivity contribution in [2.24, 2.45) is 0 Å². The molecule has 0 fully saturated rings. The summed E-state index contributed by atoms with van der Waals surface area (Å²) in [7, 11) is 0. The molecule has 0 radical (unpaired) electrons. The van der Waals surface area contributed by atoms with E-state index in [1.807, 2.05) is 30.3 Å². The quantitative estimate of drug-likeness (QED) is 0.514. The van der Waals surface area contributed by atoms with Crippen LogP contribution < -0.4 is 0 Å². The maximum atomic E-state index is 10.8. The lowest BCUT2D eigenvalue weighted by molar-refractivity contribution is -0.110. The van der Waals surface area contributed by atoms with Crippen LogP contribution in [0.25, 0.3) is 0 Å². The lowest BCUT2D eigenvalue weighted by Crippen LogP contribution is -2.10. The molecule has 0 aliphatic carbocycles. The SMILES string of the molecule is O=C(S)[C@H](I)Cc1ccccc1. The molecule has 1 aromatic rings. The van der Waals surface area contributed by atoms with E-state index in [1.165, 1.54) is 5.56 Å². The third-order valence-electron chi connectivity index (χ3n) is 1.53. The zero-order valence-corrected chi connectivity index (χ0v) is 9.46. The monoisotopic (exact) mass is 292 g/mol. The molecule has 0 saturated heterocycles. The number of alkyl halides is 1. The third kappa shape index (κ3) is 3.15. The lowest BCUT2D eigenvalue weighted by atomic mass is 10.1. The highest BCUT2D eigenvalue weighted by atomic mass is 127. The first-order chi connectivity index (χ1) is 5.70. The van der Waals surface area contributed by atoms with Gasteiger partial charge in [0.25, 0.3) is 0 Å². The van der Waals surface area contributed by atoms with Gasteiger partial charge in [0.15, 0.2) is 5.12 Å². The Morgan fingerprint density at radius 2 is 2.00 bits per heavy atom. The lowest BCUT2D eigenvalue weighted by Gasteiger charge is -2.03. The average Bonchev–Trinajstić information content (AvgIpc) is 2.06. The fourth-order valence-electron chi connectivity index (χ4n) is 0.908. The first-order valence-corrected chi connectivity index (χ1v) is 5.30. The van der Waals surface area contributed by atoms with Gasteiger partial charge < -0.3 is 0 Å². The Morgan fingerprint density at radius 1 is 1.42 bits per heavy atom. The molecule has 0 saturated carbocycles. The Kier molecular flexibility index (Phi) is 4.08. The van der Waals surface area contributed by atoms with Crippen LogP contribution in [0.2, 0.25) is 0 Å². The van der Waals surface area contributed by atoms with Crippen LogP contribution in [0, 0.1) is 0 Å². The van der Waals surface area contributed by atoms with Gasteiger partial charge in [0.2, 0.25) is 0 Å². The van der Waals surface area contributed by atoms with Crippen molar-refractivity contribution in [2.75, 3.05) is 0 Å². The van der Waals surface area contributed by atoms with E-state index in [1.54, 1.807) is 0 Å². The summed E-state index contributed by atoms with van der Waals surface area (Å²) < 4.78 is -0.0201. The molecule has 1 nitrogen and oxygen atoms in total. The van der Waals surface area contributed by atoms with Gasteiger partial charge >= 0.3 is 0 Å². The highest BCUT2D eigenvalue weighted by Gasteiger charge is 2.10. The number of hydrogen-bond donors (Lipinski definition) is 1. The van der Waals surface area contributed by atoms with Crippen LogP contribution in [-0.4, -0.2) is 9.04 Å². The molecule has 64 valence electrons. The molecule has 12 heavy (non-hydrogen) atoms. The van der Waals surface area contributed by atoms with Crippen molar-refractivity contribution < 1.29 is 4.79 Å². The average molecular weight is 292 g/mol.